The number of H-pyrrole nitrogens is 1. The molecule has 0 aliphatic heterocycles. The first kappa shape index (κ1) is 10.3. The van der Waals surface area contributed by atoms with Crippen molar-refractivity contribution in [3.63, 3.8) is 0 Å². The number of hydrogen-bond acceptors (Lipinski definition) is 1. The first-order chi connectivity index (χ1) is 8.15. The number of carbonyl (C=O) groups is 1. The monoisotopic (exact) mass is 232 g/mol. The Bertz CT molecular complexity index is 599. The minimum Gasteiger partial charge on any atom is -0.358 e. The van der Waals surface area contributed by atoms with Gasteiger partial charge >= 0.3 is 0 Å². The fourth-order valence-electron chi connectivity index (χ4n) is 2.08. The van der Waals surface area contributed by atoms with Crippen LogP contribution in [0.5, 0.6) is 0 Å². The number of carbonyl (C=O) groups excluding carboxylic acids is 1. The average Bonchev–Trinajstić information content (AvgIpc) is 3.00. The largest absolute Gasteiger partial charge is 0.358 e. The van der Waals surface area contributed by atoms with E-state index in [9.17, 15) is 9.18 Å². The molecule has 2 N–H and O–H groups in total. The summed E-state index contributed by atoms with van der Waals surface area (Å²) in [7, 11) is 0. The molecule has 0 unspecified atom stereocenters. The highest BCUT2D eigenvalue weighted by molar-refractivity contribution is 6.08. The van der Waals surface area contributed by atoms with Crippen LogP contribution in [0.15, 0.2) is 18.2 Å². The van der Waals surface area contributed by atoms with Crippen molar-refractivity contribution < 1.29 is 9.18 Å². The highest BCUT2D eigenvalue weighted by Gasteiger charge is 2.26. The Hall–Kier alpha value is -1.84. The molecule has 1 saturated carbocycles. The summed E-state index contributed by atoms with van der Waals surface area (Å²) < 4.78 is 13.2. The van der Waals surface area contributed by atoms with Gasteiger partial charge in [-0.1, -0.05) is 0 Å². The van der Waals surface area contributed by atoms with E-state index < -0.39 is 0 Å². The Balaban J connectivity index is 2.09. The Morgan fingerprint density at radius 3 is 2.94 bits per heavy atom. The lowest BCUT2D eigenvalue weighted by Gasteiger charge is -2.03. The highest BCUT2D eigenvalue weighted by Crippen LogP contribution is 2.25. The predicted molar refractivity (Wildman–Crippen MR) is 63.5 cm³/mol. The molecule has 4 heteroatoms. The lowest BCUT2D eigenvalue weighted by molar-refractivity contribution is 0.0952. The van der Waals surface area contributed by atoms with Gasteiger partial charge in [-0.15, -0.1) is 0 Å². The van der Waals surface area contributed by atoms with Gasteiger partial charge in [0.05, 0.1) is 5.56 Å². The van der Waals surface area contributed by atoms with Gasteiger partial charge in [0, 0.05) is 22.6 Å². The Morgan fingerprint density at radius 1 is 1.47 bits per heavy atom. The van der Waals surface area contributed by atoms with E-state index in [1.54, 1.807) is 6.07 Å². The Morgan fingerprint density at radius 2 is 2.24 bits per heavy atom. The summed E-state index contributed by atoms with van der Waals surface area (Å²) in [6.45, 7) is 1.83. The molecule has 1 aromatic heterocycles. The number of aryl methyl sites for hydroxylation is 1. The SMILES string of the molecule is Cc1[nH]c2ccc(F)cc2c1C(=O)NC1CC1. The van der Waals surface area contributed by atoms with Crippen molar-refractivity contribution in [2.24, 2.45) is 0 Å². The molecule has 1 aromatic carbocycles. The topological polar surface area (TPSA) is 44.9 Å². The van der Waals surface area contributed by atoms with Crippen LogP contribution >= 0.6 is 0 Å². The second-order valence-corrected chi connectivity index (χ2v) is 4.56. The van der Waals surface area contributed by atoms with Crippen LogP contribution in [0, 0.1) is 12.7 Å². The van der Waals surface area contributed by atoms with Gasteiger partial charge in [-0.25, -0.2) is 4.39 Å². The minimum atomic E-state index is -0.322. The standard InChI is InChI=1S/C13H13FN2O/c1-7-12(13(17)16-9-3-4-9)10-6-8(14)2-5-11(10)15-7/h2,5-6,9,15H,3-4H2,1H3,(H,16,17). The number of benzene rings is 1. The molecule has 1 amide bonds. The van der Waals surface area contributed by atoms with Crippen LogP contribution in [-0.4, -0.2) is 16.9 Å². The van der Waals surface area contributed by atoms with Gasteiger partial charge in [-0.2, -0.15) is 0 Å². The smallest absolute Gasteiger partial charge is 0.253 e. The van der Waals surface area contributed by atoms with Gasteiger partial charge in [0.1, 0.15) is 5.82 Å². The maximum absolute atomic E-state index is 13.2. The van der Waals surface area contributed by atoms with Crippen LogP contribution in [0.25, 0.3) is 10.9 Å². The molecule has 0 spiro atoms. The fourth-order valence-corrected chi connectivity index (χ4v) is 2.08. The predicted octanol–water partition coefficient (Wildman–Crippen LogP) is 2.51. The van der Waals surface area contributed by atoms with Crippen molar-refractivity contribution in [2.45, 2.75) is 25.8 Å². The molecule has 0 radical (unpaired) electrons. The lowest BCUT2D eigenvalue weighted by atomic mass is 10.1. The first-order valence-electron chi connectivity index (χ1n) is 5.74. The fraction of sp³-hybridized carbons (Fsp3) is 0.308. The third-order valence-corrected chi connectivity index (χ3v) is 3.09. The molecule has 2 aromatic rings. The van der Waals surface area contributed by atoms with Crippen LogP contribution in [0.2, 0.25) is 0 Å². The second-order valence-electron chi connectivity index (χ2n) is 4.56. The number of amides is 1. The van der Waals surface area contributed by atoms with Crippen LogP contribution in [0.1, 0.15) is 28.9 Å². The van der Waals surface area contributed by atoms with Crippen LogP contribution in [0.3, 0.4) is 0 Å². The third kappa shape index (κ3) is 1.79. The summed E-state index contributed by atoms with van der Waals surface area (Å²) in [5.74, 6) is -0.432. The lowest BCUT2D eigenvalue weighted by Crippen LogP contribution is -2.25. The second kappa shape index (κ2) is 3.58. The summed E-state index contributed by atoms with van der Waals surface area (Å²) in [6, 6.07) is 4.76. The maximum Gasteiger partial charge on any atom is 0.253 e. The number of aromatic nitrogens is 1. The molecule has 88 valence electrons. The van der Waals surface area contributed by atoms with Gasteiger partial charge < -0.3 is 10.3 Å². The van der Waals surface area contributed by atoms with Crippen molar-refractivity contribution >= 4 is 16.8 Å². The van der Waals surface area contributed by atoms with Gasteiger partial charge in [-0.3, -0.25) is 4.79 Å². The molecule has 3 nitrogen and oxygen atoms in total. The summed E-state index contributed by atoms with van der Waals surface area (Å²) >= 11 is 0. The molecule has 0 atom stereocenters. The van der Waals surface area contributed by atoms with Crippen molar-refractivity contribution in [2.75, 3.05) is 0 Å². The molecule has 1 heterocycles. The first-order valence-corrected chi connectivity index (χ1v) is 5.74. The number of fused-ring (bicyclic) bond motifs is 1. The Kier molecular flexibility index (Phi) is 2.18. The van der Waals surface area contributed by atoms with Crippen molar-refractivity contribution in [3.05, 3.63) is 35.3 Å². The molecule has 17 heavy (non-hydrogen) atoms. The molecule has 1 fully saturated rings. The van der Waals surface area contributed by atoms with Gasteiger partial charge in [0.15, 0.2) is 0 Å². The zero-order chi connectivity index (χ0) is 12.0. The zero-order valence-electron chi connectivity index (χ0n) is 9.51. The minimum absolute atomic E-state index is 0.109. The summed E-state index contributed by atoms with van der Waals surface area (Å²) in [6.07, 6.45) is 2.09. The highest BCUT2D eigenvalue weighted by atomic mass is 19.1. The third-order valence-electron chi connectivity index (χ3n) is 3.09. The number of halogens is 1. The van der Waals surface area contributed by atoms with E-state index in [1.165, 1.54) is 12.1 Å². The zero-order valence-corrected chi connectivity index (χ0v) is 9.51. The molecular formula is C13H13FN2O. The summed E-state index contributed by atoms with van der Waals surface area (Å²) in [4.78, 5) is 15.2. The molecule has 0 saturated heterocycles. The van der Waals surface area contributed by atoms with Crippen molar-refractivity contribution in [1.29, 1.82) is 0 Å². The normalized spacial score (nSPS) is 15.2. The summed E-state index contributed by atoms with van der Waals surface area (Å²) in [5.41, 5.74) is 2.14. The van der Waals surface area contributed by atoms with E-state index in [0.717, 1.165) is 24.1 Å². The van der Waals surface area contributed by atoms with Crippen molar-refractivity contribution in [1.82, 2.24) is 10.3 Å². The van der Waals surface area contributed by atoms with E-state index in [4.69, 9.17) is 0 Å². The van der Waals surface area contributed by atoms with Gasteiger partial charge in [0.25, 0.3) is 5.91 Å². The number of aromatic amines is 1. The van der Waals surface area contributed by atoms with E-state index in [-0.39, 0.29) is 11.7 Å². The quantitative estimate of drug-likeness (QED) is 0.821. The van der Waals surface area contributed by atoms with Gasteiger partial charge in [-0.05, 0) is 38.0 Å². The molecule has 1 aliphatic rings. The average molecular weight is 232 g/mol. The van der Waals surface area contributed by atoms with Crippen molar-refractivity contribution in [3.8, 4) is 0 Å². The number of hydrogen-bond donors (Lipinski definition) is 2. The molecule has 3 rings (SSSR count). The summed E-state index contributed by atoms with van der Waals surface area (Å²) in [5, 5.41) is 3.58. The number of nitrogens with one attached hydrogen (secondary N) is 2. The molecule has 0 bridgehead atoms. The molecule has 1 aliphatic carbocycles. The van der Waals surface area contributed by atoms with E-state index in [1.807, 2.05) is 6.92 Å². The van der Waals surface area contributed by atoms with Crippen LogP contribution in [-0.2, 0) is 0 Å². The van der Waals surface area contributed by atoms with E-state index in [0.29, 0.717) is 17.0 Å². The van der Waals surface area contributed by atoms with Crippen LogP contribution < -0.4 is 5.32 Å². The maximum atomic E-state index is 13.2. The van der Waals surface area contributed by atoms with E-state index in [2.05, 4.69) is 10.3 Å². The number of rotatable bonds is 2. The van der Waals surface area contributed by atoms with Crippen LogP contribution in [0.4, 0.5) is 4.39 Å². The van der Waals surface area contributed by atoms with Gasteiger partial charge in [0.2, 0.25) is 0 Å². The Labute approximate surface area is 98.0 Å². The molecular weight excluding hydrogens is 219 g/mol. The van der Waals surface area contributed by atoms with E-state index >= 15 is 0 Å².